The van der Waals surface area contributed by atoms with E-state index in [1.54, 1.807) is 6.92 Å². The second kappa shape index (κ2) is 5.46. The summed E-state index contributed by atoms with van der Waals surface area (Å²) in [6.07, 6.45) is 0.684. The quantitative estimate of drug-likeness (QED) is 0.821. The number of sulfonamides is 1. The zero-order chi connectivity index (χ0) is 13.1. The molecule has 0 aromatic heterocycles. The van der Waals surface area contributed by atoms with E-state index >= 15 is 0 Å². The lowest BCUT2D eigenvalue weighted by molar-refractivity contribution is 0.423. The largest absolute Gasteiger partial charge is 0.399 e. The van der Waals surface area contributed by atoms with Gasteiger partial charge in [-0.2, -0.15) is 4.31 Å². The van der Waals surface area contributed by atoms with E-state index in [0.29, 0.717) is 19.5 Å². The minimum Gasteiger partial charge on any atom is -0.399 e. The van der Waals surface area contributed by atoms with Crippen LogP contribution in [0.1, 0.15) is 20.3 Å². The summed E-state index contributed by atoms with van der Waals surface area (Å²) in [6, 6.07) is 3.61. The first-order chi connectivity index (χ1) is 7.93. The third-order valence-electron chi connectivity index (χ3n) is 2.40. The van der Waals surface area contributed by atoms with Crippen LogP contribution in [0.25, 0.3) is 0 Å². The maximum absolute atomic E-state index is 13.6. The molecule has 0 aliphatic carbocycles. The number of nitrogen functional groups attached to an aromatic ring is 1. The number of rotatable bonds is 5. The van der Waals surface area contributed by atoms with E-state index in [0.717, 1.165) is 6.07 Å². The van der Waals surface area contributed by atoms with Crippen molar-refractivity contribution in [2.45, 2.75) is 25.2 Å². The Balaban J connectivity index is 3.20. The molecule has 0 saturated heterocycles. The summed E-state index contributed by atoms with van der Waals surface area (Å²) in [5, 5.41) is 0. The Morgan fingerprint density at radius 1 is 1.35 bits per heavy atom. The van der Waals surface area contributed by atoms with Crippen LogP contribution in [0.4, 0.5) is 10.1 Å². The molecule has 0 unspecified atom stereocenters. The summed E-state index contributed by atoms with van der Waals surface area (Å²) < 4.78 is 39.1. The average molecular weight is 260 g/mol. The summed E-state index contributed by atoms with van der Waals surface area (Å²) in [5.41, 5.74) is 5.60. The van der Waals surface area contributed by atoms with E-state index in [9.17, 15) is 12.8 Å². The van der Waals surface area contributed by atoms with Gasteiger partial charge in [-0.3, -0.25) is 0 Å². The topological polar surface area (TPSA) is 63.4 Å². The molecule has 0 atom stereocenters. The fraction of sp³-hybridized carbons (Fsp3) is 0.455. The van der Waals surface area contributed by atoms with Gasteiger partial charge in [-0.1, -0.05) is 13.8 Å². The summed E-state index contributed by atoms with van der Waals surface area (Å²) >= 11 is 0. The lowest BCUT2D eigenvalue weighted by Crippen LogP contribution is -2.32. The zero-order valence-electron chi connectivity index (χ0n) is 9.98. The molecule has 0 heterocycles. The highest BCUT2D eigenvalue weighted by atomic mass is 32.2. The van der Waals surface area contributed by atoms with Crippen molar-refractivity contribution in [2.24, 2.45) is 0 Å². The van der Waals surface area contributed by atoms with Crippen LogP contribution >= 0.6 is 0 Å². The first kappa shape index (κ1) is 13.9. The van der Waals surface area contributed by atoms with Gasteiger partial charge in [0.15, 0.2) is 0 Å². The van der Waals surface area contributed by atoms with Crippen molar-refractivity contribution in [3.63, 3.8) is 0 Å². The number of nitrogens with two attached hydrogens (primary N) is 1. The first-order valence-electron chi connectivity index (χ1n) is 5.48. The maximum Gasteiger partial charge on any atom is 0.245 e. The van der Waals surface area contributed by atoms with Crippen LogP contribution in [-0.4, -0.2) is 25.8 Å². The highest BCUT2D eigenvalue weighted by Crippen LogP contribution is 2.21. The SMILES string of the molecule is CCCN(CC)S(=O)(=O)c1ccc(N)cc1F. The van der Waals surface area contributed by atoms with Gasteiger partial charge in [0, 0.05) is 18.8 Å². The van der Waals surface area contributed by atoms with Gasteiger partial charge < -0.3 is 5.73 Å². The molecule has 0 amide bonds. The van der Waals surface area contributed by atoms with Crippen LogP contribution in [0.2, 0.25) is 0 Å². The smallest absolute Gasteiger partial charge is 0.245 e. The van der Waals surface area contributed by atoms with Crippen molar-refractivity contribution in [1.82, 2.24) is 4.31 Å². The normalized spacial score (nSPS) is 12.0. The van der Waals surface area contributed by atoms with E-state index in [4.69, 9.17) is 5.73 Å². The van der Waals surface area contributed by atoms with E-state index in [1.807, 2.05) is 6.92 Å². The molecule has 0 saturated carbocycles. The first-order valence-corrected chi connectivity index (χ1v) is 6.92. The zero-order valence-corrected chi connectivity index (χ0v) is 10.8. The van der Waals surface area contributed by atoms with Crippen molar-refractivity contribution in [2.75, 3.05) is 18.8 Å². The van der Waals surface area contributed by atoms with E-state index < -0.39 is 15.8 Å². The average Bonchev–Trinajstić information content (AvgIpc) is 2.24. The fourth-order valence-electron chi connectivity index (χ4n) is 1.56. The van der Waals surface area contributed by atoms with Crippen molar-refractivity contribution < 1.29 is 12.8 Å². The van der Waals surface area contributed by atoms with Crippen LogP contribution in [-0.2, 0) is 10.0 Å². The van der Waals surface area contributed by atoms with Crippen molar-refractivity contribution >= 4 is 15.7 Å². The molecule has 1 aromatic carbocycles. The van der Waals surface area contributed by atoms with Gasteiger partial charge in [0.25, 0.3) is 0 Å². The van der Waals surface area contributed by atoms with Crippen LogP contribution < -0.4 is 5.73 Å². The number of hydrogen-bond donors (Lipinski definition) is 1. The van der Waals surface area contributed by atoms with Crippen LogP contribution in [0.5, 0.6) is 0 Å². The lowest BCUT2D eigenvalue weighted by Gasteiger charge is -2.20. The van der Waals surface area contributed by atoms with Crippen LogP contribution in [0.15, 0.2) is 23.1 Å². The van der Waals surface area contributed by atoms with E-state index in [-0.39, 0.29) is 10.6 Å². The van der Waals surface area contributed by atoms with Gasteiger partial charge in [-0.15, -0.1) is 0 Å². The molecule has 1 rings (SSSR count). The Kier molecular flexibility index (Phi) is 4.47. The molecule has 1 aromatic rings. The highest BCUT2D eigenvalue weighted by molar-refractivity contribution is 7.89. The molecule has 0 spiro atoms. The second-order valence-corrected chi connectivity index (χ2v) is 5.59. The molecule has 0 aliphatic heterocycles. The molecule has 96 valence electrons. The Morgan fingerprint density at radius 2 is 2.00 bits per heavy atom. The van der Waals surface area contributed by atoms with E-state index in [1.165, 1.54) is 16.4 Å². The maximum atomic E-state index is 13.6. The van der Waals surface area contributed by atoms with Crippen LogP contribution in [0.3, 0.4) is 0 Å². The number of anilines is 1. The van der Waals surface area contributed by atoms with Gasteiger partial charge in [0.05, 0.1) is 0 Å². The van der Waals surface area contributed by atoms with Gasteiger partial charge in [-0.25, -0.2) is 12.8 Å². The molecular formula is C11H17FN2O2S. The molecule has 0 aliphatic rings. The Hall–Kier alpha value is -1.14. The predicted molar refractivity (Wildman–Crippen MR) is 65.5 cm³/mol. The van der Waals surface area contributed by atoms with Gasteiger partial charge in [0.1, 0.15) is 10.7 Å². The molecule has 0 bridgehead atoms. The summed E-state index contributed by atoms with van der Waals surface area (Å²) in [4.78, 5) is -0.318. The minimum atomic E-state index is -3.76. The molecular weight excluding hydrogens is 243 g/mol. The summed E-state index contributed by atoms with van der Waals surface area (Å²) in [7, 11) is -3.76. The van der Waals surface area contributed by atoms with Gasteiger partial charge in [-0.05, 0) is 24.6 Å². The summed E-state index contributed by atoms with van der Waals surface area (Å²) in [6.45, 7) is 4.29. The third-order valence-corrected chi connectivity index (χ3v) is 4.41. The fourth-order valence-corrected chi connectivity index (χ4v) is 3.15. The molecule has 6 heteroatoms. The number of hydrogen-bond acceptors (Lipinski definition) is 3. The third kappa shape index (κ3) is 2.95. The van der Waals surface area contributed by atoms with E-state index in [2.05, 4.69) is 0 Å². The van der Waals surface area contributed by atoms with Crippen molar-refractivity contribution in [1.29, 1.82) is 0 Å². The number of nitrogens with zero attached hydrogens (tertiary/aromatic N) is 1. The Morgan fingerprint density at radius 3 is 2.47 bits per heavy atom. The Bertz CT molecular complexity index is 488. The predicted octanol–water partition coefficient (Wildman–Crippen LogP) is 1.83. The molecule has 0 fully saturated rings. The van der Waals surface area contributed by atoms with Gasteiger partial charge in [0.2, 0.25) is 10.0 Å². The molecule has 4 nitrogen and oxygen atoms in total. The van der Waals surface area contributed by atoms with Gasteiger partial charge >= 0.3 is 0 Å². The van der Waals surface area contributed by atoms with Crippen molar-refractivity contribution in [3.05, 3.63) is 24.0 Å². The summed E-state index contributed by atoms with van der Waals surface area (Å²) in [5.74, 6) is -0.806. The lowest BCUT2D eigenvalue weighted by atomic mass is 10.3. The monoisotopic (exact) mass is 260 g/mol. The standard InChI is InChI=1S/C11H17FN2O2S/c1-3-7-14(4-2)17(15,16)11-6-5-9(13)8-10(11)12/h5-6,8H,3-4,7,13H2,1-2H3. The molecule has 0 radical (unpaired) electrons. The number of halogens is 1. The minimum absolute atomic E-state index is 0.208. The molecule has 2 N–H and O–H groups in total. The second-order valence-electron chi connectivity index (χ2n) is 3.69. The molecule has 17 heavy (non-hydrogen) atoms. The number of benzene rings is 1. The van der Waals surface area contributed by atoms with Crippen LogP contribution in [0, 0.1) is 5.82 Å². The Labute approximate surface area is 101 Å². The highest BCUT2D eigenvalue weighted by Gasteiger charge is 2.25. The van der Waals surface area contributed by atoms with Crippen molar-refractivity contribution in [3.8, 4) is 0 Å².